The Labute approximate surface area is 163 Å². The van der Waals surface area contributed by atoms with Crippen LogP contribution in [0.5, 0.6) is 0 Å². The number of carbonyl (C=O) groups excluding carboxylic acids is 2. The summed E-state index contributed by atoms with van der Waals surface area (Å²) in [5.74, 6) is -0.519. The van der Waals surface area contributed by atoms with Crippen LogP contribution in [-0.4, -0.2) is 29.8 Å². The molecule has 0 radical (unpaired) electrons. The lowest BCUT2D eigenvalue weighted by atomic mass is 10.2. The Kier molecular flexibility index (Phi) is 5.69. The van der Waals surface area contributed by atoms with Crippen LogP contribution in [0.4, 0.5) is 11.4 Å². The molecule has 8 nitrogen and oxygen atoms in total. The first-order chi connectivity index (χ1) is 13.4. The topological polar surface area (TPSA) is 121 Å². The fourth-order valence-corrected chi connectivity index (χ4v) is 2.66. The van der Waals surface area contributed by atoms with Crippen molar-refractivity contribution in [3.8, 4) is 0 Å². The number of amides is 2. The van der Waals surface area contributed by atoms with Gasteiger partial charge in [0, 0.05) is 11.4 Å². The van der Waals surface area contributed by atoms with Crippen molar-refractivity contribution in [1.82, 2.24) is 5.32 Å². The summed E-state index contributed by atoms with van der Waals surface area (Å²) in [5, 5.41) is 8.21. The lowest BCUT2D eigenvalue weighted by molar-refractivity contribution is -0.123. The number of aryl methyl sites for hydroxylation is 2. The van der Waals surface area contributed by atoms with Gasteiger partial charge >= 0.3 is 0 Å². The Morgan fingerprint density at radius 3 is 2.57 bits per heavy atom. The Hall–Kier alpha value is -3.68. The van der Waals surface area contributed by atoms with Gasteiger partial charge in [-0.05, 0) is 43.7 Å². The van der Waals surface area contributed by atoms with E-state index in [1.807, 2.05) is 56.3 Å². The highest BCUT2D eigenvalue weighted by Crippen LogP contribution is 2.13. The van der Waals surface area contributed by atoms with Crippen molar-refractivity contribution in [3.63, 3.8) is 0 Å². The first kappa shape index (κ1) is 19.1. The monoisotopic (exact) mass is 378 g/mol. The van der Waals surface area contributed by atoms with E-state index in [-0.39, 0.29) is 30.2 Å². The maximum atomic E-state index is 12.2. The van der Waals surface area contributed by atoms with Gasteiger partial charge in [0.15, 0.2) is 0 Å². The molecule has 1 atom stereocenters. The Balaban J connectivity index is 1.60. The fraction of sp³-hybridized carbons (Fsp3) is 0.200. The number of guanidine groups is 2. The molecule has 3 rings (SSSR count). The Morgan fingerprint density at radius 2 is 1.86 bits per heavy atom. The van der Waals surface area contributed by atoms with Crippen LogP contribution in [0.2, 0.25) is 0 Å². The number of aliphatic imine (C=N–C) groups is 2. The maximum absolute atomic E-state index is 12.2. The minimum absolute atomic E-state index is 0.0791. The molecule has 0 aliphatic carbocycles. The molecule has 2 aromatic carbocycles. The standard InChI is InChI=1S/C20H22N6O2/c1-12-6-8-14(9-7-12)23-19(21)26-20-24-16(18(28)25-20)11-17(27)22-15-5-3-4-13(2)10-15/h3-10,16H,11H2,1-2H3,(H,22,27)(H4,21,23,24,25,26,28)/t16-/m1/s1. The molecule has 0 bridgehead atoms. The van der Waals surface area contributed by atoms with E-state index in [9.17, 15) is 9.59 Å². The van der Waals surface area contributed by atoms with E-state index in [0.717, 1.165) is 16.8 Å². The van der Waals surface area contributed by atoms with Crippen LogP contribution >= 0.6 is 0 Å². The zero-order valence-corrected chi connectivity index (χ0v) is 15.7. The molecule has 2 aromatic rings. The van der Waals surface area contributed by atoms with Gasteiger partial charge < -0.3 is 16.4 Å². The maximum Gasteiger partial charge on any atom is 0.252 e. The van der Waals surface area contributed by atoms with Crippen LogP contribution in [0.3, 0.4) is 0 Å². The highest BCUT2D eigenvalue weighted by Gasteiger charge is 2.28. The molecule has 1 aliphatic heterocycles. The predicted octanol–water partition coefficient (Wildman–Crippen LogP) is 1.91. The van der Waals surface area contributed by atoms with Crippen molar-refractivity contribution in [3.05, 3.63) is 59.7 Å². The van der Waals surface area contributed by atoms with E-state index < -0.39 is 6.04 Å². The fourth-order valence-electron chi connectivity index (χ4n) is 2.66. The number of hydrogen-bond acceptors (Lipinski definition) is 4. The van der Waals surface area contributed by atoms with E-state index in [1.165, 1.54) is 0 Å². The highest BCUT2D eigenvalue weighted by molar-refractivity contribution is 6.11. The van der Waals surface area contributed by atoms with Gasteiger partial charge in [0.2, 0.25) is 17.8 Å². The molecule has 1 heterocycles. The number of anilines is 2. The number of rotatable bonds is 4. The third-order valence-corrected chi connectivity index (χ3v) is 4.05. The molecule has 144 valence electrons. The smallest absolute Gasteiger partial charge is 0.252 e. The minimum Gasteiger partial charge on any atom is -0.369 e. The number of hydrogen-bond donors (Lipinski definition) is 4. The summed E-state index contributed by atoms with van der Waals surface area (Å²) >= 11 is 0. The lowest BCUT2D eigenvalue weighted by Gasteiger charge is -2.07. The van der Waals surface area contributed by atoms with Crippen molar-refractivity contribution in [2.24, 2.45) is 15.7 Å². The second kappa shape index (κ2) is 8.34. The van der Waals surface area contributed by atoms with Gasteiger partial charge in [-0.2, -0.15) is 4.99 Å². The van der Waals surface area contributed by atoms with E-state index in [0.29, 0.717) is 5.69 Å². The minimum atomic E-state index is -0.837. The summed E-state index contributed by atoms with van der Waals surface area (Å²) in [6.45, 7) is 3.92. The molecule has 0 saturated carbocycles. The molecule has 0 saturated heterocycles. The summed E-state index contributed by atoms with van der Waals surface area (Å²) in [6, 6.07) is 14.2. The van der Waals surface area contributed by atoms with Gasteiger partial charge in [0.1, 0.15) is 6.04 Å². The lowest BCUT2D eigenvalue weighted by Crippen LogP contribution is -2.32. The van der Waals surface area contributed by atoms with Crippen molar-refractivity contribution in [2.75, 3.05) is 10.6 Å². The molecular formula is C20H22N6O2. The molecule has 0 spiro atoms. The first-order valence-corrected chi connectivity index (χ1v) is 8.82. The predicted molar refractivity (Wildman–Crippen MR) is 110 cm³/mol. The molecule has 8 heteroatoms. The van der Waals surface area contributed by atoms with Crippen LogP contribution in [0.1, 0.15) is 17.5 Å². The largest absolute Gasteiger partial charge is 0.369 e. The third kappa shape index (κ3) is 5.16. The Morgan fingerprint density at radius 1 is 1.11 bits per heavy atom. The summed E-state index contributed by atoms with van der Waals surface area (Å²) in [4.78, 5) is 32.5. The van der Waals surface area contributed by atoms with Gasteiger partial charge in [0.25, 0.3) is 5.91 Å². The summed E-state index contributed by atoms with van der Waals surface area (Å²) in [7, 11) is 0. The first-order valence-electron chi connectivity index (χ1n) is 8.82. The molecule has 0 unspecified atom stereocenters. The number of nitrogens with one attached hydrogen (secondary N) is 3. The van der Waals surface area contributed by atoms with E-state index in [2.05, 4.69) is 25.9 Å². The van der Waals surface area contributed by atoms with Gasteiger partial charge in [-0.15, -0.1) is 0 Å². The van der Waals surface area contributed by atoms with Crippen LogP contribution in [0.15, 0.2) is 58.5 Å². The van der Waals surface area contributed by atoms with Crippen LogP contribution in [-0.2, 0) is 9.59 Å². The average molecular weight is 378 g/mol. The molecule has 0 fully saturated rings. The molecule has 1 aliphatic rings. The highest BCUT2D eigenvalue weighted by atomic mass is 16.2. The van der Waals surface area contributed by atoms with E-state index in [4.69, 9.17) is 5.73 Å². The number of nitrogens with two attached hydrogens (primary N) is 1. The summed E-state index contributed by atoms with van der Waals surface area (Å²) < 4.78 is 0. The average Bonchev–Trinajstić information content (AvgIpc) is 2.95. The van der Waals surface area contributed by atoms with Crippen molar-refractivity contribution in [1.29, 1.82) is 0 Å². The van der Waals surface area contributed by atoms with E-state index in [1.54, 1.807) is 6.07 Å². The van der Waals surface area contributed by atoms with Gasteiger partial charge in [-0.25, -0.2) is 4.99 Å². The third-order valence-electron chi connectivity index (χ3n) is 4.05. The van der Waals surface area contributed by atoms with Crippen LogP contribution < -0.4 is 21.7 Å². The Bertz CT molecular complexity index is 949. The normalized spacial score (nSPS) is 16.4. The van der Waals surface area contributed by atoms with Crippen LogP contribution in [0, 0.1) is 13.8 Å². The molecule has 28 heavy (non-hydrogen) atoms. The molecule has 2 amide bonds. The van der Waals surface area contributed by atoms with Gasteiger partial charge in [-0.3, -0.25) is 14.9 Å². The SMILES string of the molecule is Cc1ccc(NC(N)=NC2=N[C@H](CC(=O)Nc3cccc(C)c3)C(=O)N2)cc1. The second-order valence-electron chi connectivity index (χ2n) is 6.57. The van der Waals surface area contributed by atoms with E-state index >= 15 is 0 Å². The molecular weight excluding hydrogens is 356 g/mol. The van der Waals surface area contributed by atoms with Crippen molar-refractivity contribution < 1.29 is 9.59 Å². The van der Waals surface area contributed by atoms with Crippen molar-refractivity contribution in [2.45, 2.75) is 26.3 Å². The summed E-state index contributed by atoms with van der Waals surface area (Å²) in [6.07, 6.45) is -0.0793. The number of carbonyl (C=O) groups is 2. The van der Waals surface area contributed by atoms with Gasteiger partial charge in [-0.1, -0.05) is 29.8 Å². The van der Waals surface area contributed by atoms with Gasteiger partial charge in [0.05, 0.1) is 6.42 Å². The number of benzene rings is 2. The zero-order valence-electron chi connectivity index (χ0n) is 15.7. The quantitative estimate of drug-likeness (QED) is 0.480. The molecule has 5 N–H and O–H groups in total. The summed E-state index contributed by atoms with van der Waals surface area (Å²) in [5.41, 5.74) is 9.46. The molecule has 0 aromatic heterocycles. The zero-order chi connectivity index (χ0) is 20.1. The second-order valence-corrected chi connectivity index (χ2v) is 6.57. The van der Waals surface area contributed by atoms with Crippen LogP contribution in [0.25, 0.3) is 0 Å². The van der Waals surface area contributed by atoms with Crippen molar-refractivity contribution >= 4 is 35.1 Å². The number of nitrogens with zero attached hydrogens (tertiary/aromatic N) is 2.